The third kappa shape index (κ3) is 3.65. The summed E-state index contributed by atoms with van der Waals surface area (Å²) in [6.45, 7) is 7.86. The highest BCUT2D eigenvalue weighted by molar-refractivity contribution is 5.93. The van der Waals surface area contributed by atoms with E-state index in [0.717, 1.165) is 37.7 Å². The Bertz CT molecular complexity index is 638. The maximum Gasteiger partial charge on any atom is 0.339 e. The van der Waals surface area contributed by atoms with Crippen LogP contribution >= 0.6 is 0 Å². The van der Waals surface area contributed by atoms with Crippen LogP contribution < -0.4 is 0 Å². The minimum absolute atomic E-state index is 0.100. The lowest BCUT2D eigenvalue weighted by Crippen LogP contribution is -2.21. The van der Waals surface area contributed by atoms with Crippen LogP contribution in [0.15, 0.2) is 34.6 Å². The molecule has 1 fully saturated rings. The van der Waals surface area contributed by atoms with Crippen molar-refractivity contribution >= 4 is 5.97 Å². The van der Waals surface area contributed by atoms with Crippen LogP contribution in [0, 0.1) is 0 Å². The van der Waals surface area contributed by atoms with E-state index in [2.05, 4.69) is 19.9 Å². The fourth-order valence-corrected chi connectivity index (χ4v) is 3.65. The molecule has 0 aromatic carbocycles. The first-order valence-corrected chi connectivity index (χ1v) is 8.91. The molecule has 0 bridgehead atoms. The minimum atomic E-state index is -0.991. The normalized spacial score (nSPS) is 37.7. The molecule has 3 rings (SSSR count). The lowest BCUT2D eigenvalue weighted by Gasteiger charge is -2.20. The van der Waals surface area contributed by atoms with Gasteiger partial charge in [0.25, 0.3) is 0 Å². The molecule has 4 nitrogen and oxygen atoms in total. The highest BCUT2D eigenvalue weighted by Gasteiger charge is 2.51. The van der Waals surface area contributed by atoms with Crippen molar-refractivity contribution in [2.75, 3.05) is 0 Å². The van der Waals surface area contributed by atoms with Gasteiger partial charge in [-0.05, 0) is 72.3 Å². The van der Waals surface area contributed by atoms with Crippen molar-refractivity contribution in [2.24, 2.45) is 0 Å². The summed E-state index contributed by atoms with van der Waals surface area (Å²) >= 11 is 0. The molecule has 0 spiro atoms. The zero-order chi connectivity index (χ0) is 17.5. The summed E-state index contributed by atoms with van der Waals surface area (Å²) in [5.41, 5.74) is 1.82. The molecule has 0 aromatic heterocycles. The van der Waals surface area contributed by atoms with Gasteiger partial charge in [0.05, 0.1) is 17.3 Å². The topological polar surface area (TPSA) is 59.1 Å². The quantitative estimate of drug-likeness (QED) is 0.414. The summed E-state index contributed by atoms with van der Waals surface area (Å²) < 4.78 is 11.3. The van der Waals surface area contributed by atoms with Crippen molar-refractivity contribution in [3.8, 4) is 0 Å². The summed E-state index contributed by atoms with van der Waals surface area (Å²) in [5, 5.41) is 10.7. The standard InChI is InChI=1S/C20H28O4/c1-13-6-5-10-19(3,22)12-16-15(14(2)18(21)23-16)9-11-20(4)17(24-20)8-7-13/h6,12,17,22H,5,7-11H2,1-4H3. The van der Waals surface area contributed by atoms with E-state index in [0.29, 0.717) is 23.9 Å². The largest absolute Gasteiger partial charge is 0.423 e. The molecule has 3 aliphatic rings. The summed E-state index contributed by atoms with van der Waals surface area (Å²) in [4.78, 5) is 12.0. The first-order chi connectivity index (χ1) is 11.2. The van der Waals surface area contributed by atoms with Gasteiger partial charge in [-0.3, -0.25) is 0 Å². The highest BCUT2D eigenvalue weighted by Crippen LogP contribution is 2.45. The molecule has 0 radical (unpaired) electrons. The number of rotatable bonds is 0. The second-order valence-electron chi connectivity index (χ2n) is 7.91. The van der Waals surface area contributed by atoms with E-state index in [1.807, 2.05) is 0 Å². The van der Waals surface area contributed by atoms with Crippen molar-refractivity contribution in [2.45, 2.75) is 83.5 Å². The number of allylic oxidation sites excluding steroid dienone is 3. The molecule has 1 aliphatic carbocycles. The van der Waals surface area contributed by atoms with E-state index < -0.39 is 5.60 Å². The molecule has 24 heavy (non-hydrogen) atoms. The molecule has 132 valence electrons. The first-order valence-electron chi connectivity index (χ1n) is 8.91. The summed E-state index contributed by atoms with van der Waals surface area (Å²) in [6.07, 6.45) is 9.29. The molecule has 3 unspecified atom stereocenters. The molecular formula is C20H28O4. The molecule has 0 saturated carbocycles. The number of esters is 1. The summed E-state index contributed by atoms with van der Waals surface area (Å²) in [7, 11) is 0. The highest BCUT2D eigenvalue weighted by atomic mass is 16.6. The fourth-order valence-electron chi connectivity index (χ4n) is 3.65. The Morgan fingerprint density at radius 1 is 1.21 bits per heavy atom. The molecule has 4 heteroatoms. The lowest BCUT2D eigenvalue weighted by atomic mass is 9.90. The van der Waals surface area contributed by atoms with Crippen LogP contribution in [0.3, 0.4) is 0 Å². The average molecular weight is 332 g/mol. The van der Waals surface area contributed by atoms with Gasteiger partial charge in [-0.15, -0.1) is 0 Å². The van der Waals surface area contributed by atoms with Gasteiger partial charge in [0.2, 0.25) is 0 Å². The van der Waals surface area contributed by atoms with Crippen LogP contribution in [0.4, 0.5) is 0 Å². The van der Waals surface area contributed by atoms with E-state index >= 15 is 0 Å². The molecule has 1 saturated heterocycles. The van der Waals surface area contributed by atoms with E-state index in [4.69, 9.17) is 9.47 Å². The minimum Gasteiger partial charge on any atom is -0.423 e. The van der Waals surface area contributed by atoms with Crippen molar-refractivity contribution < 1.29 is 19.4 Å². The number of fused-ring (bicyclic) bond motifs is 2. The summed E-state index contributed by atoms with van der Waals surface area (Å²) in [6, 6.07) is 0. The van der Waals surface area contributed by atoms with E-state index in [9.17, 15) is 9.90 Å². The van der Waals surface area contributed by atoms with E-state index in [-0.39, 0.29) is 11.6 Å². The molecule has 0 aromatic rings. The van der Waals surface area contributed by atoms with Gasteiger partial charge in [0.1, 0.15) is 5.76 Å². The second-order valence-corrected chi connectivity index (χ2v) is 7.91. The van der Waals surface area contributed by atoms with Gasteiger partial charge in [-0.2, -0.15) is 0 Å². The molecule has 2 heterocycles. The number of hydrogen-bond acceptors (Lipinski definition) is 4. The van der Waals surface area contributed by atoms with Gasteiger partial charge < -0.3 is 14.6 Å². The number of aliphatic hydroxyl groups is 1. The maximum absolute atomic E-state index is 12.0. The fraction of sp³-hybridized carbons (Fsp3) is 0.650. The monoisotopic (exact) mass is 332 g/mol. The maximum atomic E-state index is 12.0. The Morgan fingerprint density at radius 2 is 1.96 bits per heavy atom. The smallest absolute Gasteiger partial charge is 0.339 e. The molecule has 0 amide bonds. The van der Waals surface area contributed by atoms with Crippen molar-refractivity contribution in [3.63, 3.8) is 0 Å². The van der Waals surface area contributed by atoms with Crippen LogP contribution in [-0.4, -0.2) is 28.4 Å². The number of hydrogen-bond donors (Lipinski definition) is 1. The van der Waals surface area contributed by atoms with Crippen LogP contribution in [0.5, 0.6) is 0 Å². The number of ether oxygens (including phenoxy) is 2. The Morgan fingerprint density at radius 3 is 2.71 bits per heavy atom. The zero-order valence-corrected chi connectivity index (χ0v) is 15.1. The first kappa shape index (κ1) is 17.4. The van der Waals surface area contributed by atoms with Gasteiger partial charge in [-0.1, -0.05) is 11.6 Å². The van der Waals surface area contributed by atoms with Crippen LogP contribution in [0.1, 0.15) is 66.2 Å². The van der Waals surface area contributed by atoms with E-state index in [1.54, 1.807) is 19.9 Å². The van der Waals surface area contributed by atoms with Crippen LogP contribution in [0.2, 0.25) is 0 Å². The van der Waals surface area contributed by atoms with E-state index in [1.165, 1.54) is 5.57 Å². The van der Waals surface area contributed by atoms with Gasteiger partial charge >= 0.3 is 5.97 Å². The van der Waals surface area contributed by atoms with Crippen LogP contribution in [0.25, 0.3) is 0 Å². The number of carbonyl (C=O) groups excluding carboxylic acids is 1. The average Bonchev–Trinajstić information content (AvgIpc) is 3.06. The Labute approximate surface area is 144 Å². The van der Waals surface area contributed by atoms with Gasteiger partial charge in [0.15, 0.2) is 0 Å². The van der Waals surface area contributed by atoms with Gasteiger partial charge in [-0.25, -0.2) is 4.79 Å². The molecular weight excluding hydrogens is 304 g/mol. The second kappa shape index (κ2) is 6.16. The van der Waals surface area contributed by atoms with Crippen molar-refractivity contribution in [1.82, 2.24) is 0 Å². The Hall–Kier alpha value is -1.39. The summed E-state index contributed by atoms with van der Waals surface area (Å²) in [5.74, 6) is 0.228. The third-order valence-corrected chi connectivity index (χ3v) is 5.55. The predicted octanol–water partition coefficient (Wildman–Crippen LogP) is 3.95. The number of epoxide rings is 1. The Balaban J connectivity index is 1.88. The molecule has 1 N–H and O–H groups in total. The SMILES string of the molecule is CC1=CCCC(C)(O)C=C2OC(=O)C(C)=C2CCC2(C)OC2CC1. The predicted molar refractivity (Wildman–Crippen MR) is 92.2 cm³/mol. The van der Waals surface area contributed by atoms with Crippen molar-refractivity contribution in [1.29, 1.82) is 0 Å². The zero-order valence-electron chi connectivity index (χ0n) is 15.1. The molecule has 2 aliphatic heterocycles. The Kier molecular flexibility index (Phi) is 4.47. The third-order valence-electron chi connectivity index (χ3n) is 5.55. The van der Waals surface area contributed by atoms with Gasteiger partial charge in [0, 0.05) is 11.1 Å². The van der Waals surface area contributed by atoms with Crippen molar-refractivity contribution in [3.05, 3.63) is 34.6 Å². The lowest BCUT2D eigenvalue weighted by molar-refractivity contribution is -0.133. The van der Waals surface area contributed by atoms with Crippen LogP contribution in [-0.2, 0) is 14.3 Å². The number of carbonyl (C=O) groups is 1. The molecule has 3 atom stereocenters.